The molecule has 0 bridgehead atoms. The van der Waals surface area contributed by atoms with Crippen LogP contribution in [0.15, 0.2) is 91.3 Å². The van der Waals surface area contributed by atoms with Crippen molar-refractivity contribution in [3.8, 4) is 5.75 Å². The Hall–Kier alpha value is -4.13. The Labute approximate surface area is 276 Å². The predicted octanol–water partition coefficient (Wildman–Crippen LogP) is 4.57. The van der Waals surface area contributed by atoms with Crippen LogP contribution in [0.25, 0.3) is 11.2 Å². The molecule has 1 aliphatic heterocycles. The Morgan fingerprint density at radius 3 is 1.94 bits per heavy atom. The van der Waals surface area contributed by atoms with Crippen molar-refractivity contribution in [3.05, 3.63) is 108 Å². The molecule has 2 aromatic heterocycles. The molecule has 3 aromatic carbocycles. The van der Waals surface area contributed by atoms with Crippen molar-refractivity contribution < 1.29 is 24.8 Å². The van der Waals surface area contributed by atoms with Crippen molar-refractivity contribution in [2.45, 2.75) is 69.0 Å². The minimum atomic E-state index is -2.35. The third kappa shape index (κ3) is 5.61. The predicted molar refractivity (Wildman–Crippen MR) is 185 cm³/mol. The third-order valence-corrected chi connectivity index (χ3v) is 15.0. The van der Waals surface area contributed by atoms with Gasteiger partial charge in [0, 0.05) is 0 Å². The van der Waals surface area contributed by atoms with Crippen LogP contribution < -0.4 is 15.5 Å². The third-order valence-electron chi connectivity index (χ3n) is 9.89. The standard InChI is InChI=1S/C36H43N5O5Si/c1-35(2,3)47(5,6)34-38-31(28-32(39-34)41(22-37-28)33-30(44)29(43)27(21-42)46-33)40-36(23-13-9-7-10-14-23,24-15-11-8-12-16-24)25-17-19-26(45-4)20-18-25/h7-20,22,27,29-30,33,42-44H,21H2,1-6H3,(H,38,39,40)/t27-,29?,30?,33-/m1/s1. The molecule has 3 heterocycles. The van der Waals surface area contributed by atoms with Crippen LogP contribution in [0.2, 0.25) is 18.1 Å². The Bertz CT molecular complexity index is 1790. The number of nitrogens with zero attached hydrogens (tertiary/aromatic N) is 4. The van der Waals surface area contributed by atoms with Crippen molar-refractivity contribution >= 4 is 30.5 Å². The summed E-state index contributed by atoms with van der Waals surface area (Å²) in [6.07, 6.45) is -2.94. The number of nitrogens with one attached hydrogen (secondary N) is 1. The monoisotopic (exact) mass is 653 g/mol. The lowest BCUT2D eigenvalue weighted by atomic mass is 9.77. The summed E-state index contributed by atoms with van der Waals surface area (Å²) in [6.45, 7) is 10.7. The van der Waals surface area contributed by atoms with Gasteiger partial charge >= 0.3 is 0 Å². The Morgan fingerprint density at radius 1 is 0.851 bits per heavy atom. The van der Waals surface area contributed by atoms with Gasteiger partial charge in [0.2, 0.25) is 0 Å². The summed E-state index contributed by atoms with van der Waals surface area (Å²) in [5, 5.41) is 35.2. The molecule has 4 atom stereocenters. The van der Waals surface area contributed by atoms with E-state index in [1.807, 2.05) is 48.5 Å². The van der Waals surface area contributed by atoms with Crippen molar-refractivity contribution in [2.24, 2.45) is 0 Å². The largest absolute Gasteiger partial charge is 0.497 e. The highest BCUT2D eigenvalue weighted by molar-refractivity contribution is 6.91. The van der Waals surface area contributed by atoms with Crippen molar-refractivity contribution in [3.63, 3.8) is 0 Å². The molecule has 1 aliphatic rings. The van der Waals surface area contributed by atoms with E-state index < -0.39 is 44.8 Å². The maximum atomic E-state index is 11.0. The topological polar surface area (TPSA) is 135 Å². The van der Waals surface area contributed by atoms with Crippen LogP contribution in [-0.4, -0.2) is 74.9 Å². The van der Waals surface area contributed by atoms with E-state index >= 15 is 0 Å². The molecule has 0 spiro atoms. The highest BCUT2D eigenvalue weighted by Gasteiger charge is 2.46. The minimum Gasteiger partial charge on any atom is -0.497 e. The van der Waals surface area contributed by atoms with E-state index in [2.05, 4.69) is 75.6 Å². The van der Waals surface area contributed by atoms with Crippen molar-refractivity contribution in [2.75, 3.05) is 19.0 Å². The van der Waals surface area contributed by atoms with Gasteiger partial charge in [0.05, 0.1) is 20.0 Å². The highest BCUT2D eigenvalue weighted by Crippen LogP contribution is 2.42. The van der Waals surface area contributed by atoms with Crippen molar-refractivity contribution in [1.29, 1.82) is 0 Å². The highest BCUT2D eigenvalue weighted by atomic mass is 28.3. The smallest absolute Gasteiger partial charge is 0.167 e. The van der Waals surface area contributed by atoms with Crippen LogP contribution in [0.5, 0.6) is 5.75 Å². The Morgan fingerprint density at radius 2 is 1.43 bits per heavy atom. The number of hydrogen-bond acceptors (Lipinski definition) is 9. The average molecular weight is 654 g/mol. The zero-order chi connectivity index (χ0) is 33.6. The molecule has 4 N–H and O–H groups in total. The fourth-order valence-corrected chi connectivity index (χ4v) is 7.47. The number of aliphatic hydroxyl groups is 3. The van der Waals surface area contributed by atoms with Crippen LogP contribution >= 0.6 is 0 Å². The van der Waals surface area contributed by atoms with Gasteiger partial charge in [-0.3, -0.25) is 4.57 Å². The van der Waals surface area contributed by atoms with Gasteiger partial charge in [-0.1, -0.05) is 107 Å². The lowest BCUT2D eigenvalue weighted by Gasteiger charge is -2.38. The van der Waals surface area contributed by atoms with Gasteiger partial charge in [0.25, 0.3) is 0 Å². The summed E-state index contributed by atoms with van der Waals surface area (Å²) in [6, 6.07) is 28.4. The molecule has 0 radical (unpaired) electrons. The first-order chi connectivity index (χ1) is 22.4. The fourth-order valence-electron chi connectivity index (χ4n) is 6.03. The summed E-state index contributed by atoms with van der Waals surface area (Å²) in [5.74, 6) is 1.26. The zero-order valence-corrected chi connectivity index (χ0v) is 28.6. The van der Waals surface area contributed by atoms with Crippen LogP contribution in [0, 0.1) is 0 Å². The molecule has 5 aromatic rings. The first-order valence-electron chi connectivity index (χ1n) is 15.8. The number of aromatic nitrogens is 4. The van der Waals surface area contributed by atoms with Crippen LogP contribution in [0.1, 0.15) is 43.7 Å². The Balaban J connectivity index is 1.64. The fraction of sp³-hybridized carbons (Fsp3) is 0.361. The first kappa shape index (κ1) is 32.8. The summed E-state index contributed by atoms with van der Waals surface area (Å²) < 4.78 is 13.1. The molecule has 0 amide bonds. The number of ether oxygens (including phenoxy) is 2. The van der Waals surface area contributed by atoms with E-state index in [0.717, 1.165) is 22.4 Å². The molecular formula is C36H43N5O5Si. The number of aliphatic hydroxyl groups excluding tert-OH is 3. The van der Waals surface area contributed by atoms with Gasteiger partial charge in [-0.15, -0.1) is 0 Å². The van der Waals surface area contributed by atoms with Gasteiger partial charge in [0.1, 0.15) is 43.1 Å². The van der Waals surface area contributed by atoms with Gasteiger partial charge < -0.3 is 30.1 Å². The summed E-state index contributed by atoms with van der Waals surface area (Å²) in [4.78, 5) is 15.2. The number of benzene rings is 3. The number of imidazole rings is 1. The van der Waals surface area contributed by atoms with Crippen molar-refractivity contribution in [1.82, 2.24) is 19.5 Å². The van der Waals surface area contributed by atoms with E-state index in [9.17, 15) is 15.3 Å². The number of fused-ring (bicyclic) bond motifs is 1. The lowest BCUT2D eigenvalue weighted by Crippen LogP contribution is -2.53. The van der Waals surface area contributed by atoms with E-state index in [-0.39, 0.29) is 5.04 Å². The summed E-state index contributed by atoms with van der Waals surface area (Å²) in [7, 11) is -0.704. The molecule has 6 rings (SSSR count). The van der Waals surface area contributed by atoms with Gasteiger partial charge in [-0.25, -0.2) is 15.0 Å². The van der Waals surface area contributed by atoms with E-state index in [0.29, 0.717) is 22.4 Å². The molecule has 0 aliphatic carbocycles. The number of hydrogen-bond donors (Lipinski definition) is 4. The lowest BCUT2D eigenvalue weighted by molar-refractivity contribution is -0.0511. The average Bonchev–Trinajstić information content (AvgIpc) is 3.63. The molecular weight excluding hydrogens is 611 g/mol. The van der Waals surface area contributed by atoms with Gasteiger partial charge in [-0.05, 0) is 33.9 Å². The molecule has 2 unspecified atom stereocenters. The summed E-state index contributed by atoms with van der Waals surface area (Å²) >= 11 is 0. The van der Waals surface area contributed by atoms with E-state index in [4.69, 9.17) is 24.4 Å². The second kappa shape index (κ2) is 12.5. The van der Waals surface area contributed by atoms with Gasteiger partial charge in [-0.2, -0.15) is 0 Å². The molecule has 47 heavy (non-hydrogen) atoms. The van der Waals surface area contributed by atoms with E-state index in [1.165, 1.54) is 0 Å². The molecule has 10 nitrogen and oxygen atoms in total. The number of anilines is 1. The van der Waals surface area contributed by atoms with Crippen LogP contribution in [0.3, 0.4) is 0 Å². The quantitative estimate of drug-likeness (QED) is 0.133. The molecule has 11 heteroatoms. The molecule has 1 fully saturated rings. The molecule has 1 saturated heterocycles. The number of methoxy groups -OCH3 is 1. The maximum absolute atomic E-state index is 11.0. The van der Waals surface area contributed by atoms with E-state index in [1.54, 1.807) is 18.0 Å². The maximum Gasteiger partial charge on any atom is 0.167 e. The second-order valence-electron chi connectivity index (χ2n) is 13.7. The van der Waals surface area contributed by atoms with Crippen LogP contribution in [0.4, 0.5) is 5.82 Å². The van der Waals surface area contributed by atoms with Gasteiger partial charge in [0.15, 0.2) is 23.2 Å². The van der Waals surface area contributed by atoms with Crippen LogP contribution in [-0.2, 0) is 10.3 Å². The first-order valence-corrected chi connectivity index (χ1v) is 18.8. The normalized spacial score (nSPS) is 20.4. The Kier molecular flexibility index (Phi) is 8.70. The molecule has 246 valence electrons. The molecule has 0 saturated carbocycles. The second-order valence-corrected chi connectivity index (χ2v) is 18.9. The minimum absolute atomic E-state index is 0.101. The SMILES string of the molecule is COc1ccc(C(Nc2nc([Si](C)(C)C(C)(C)C)nc3c2ncn3[C@@H]2O[C@H](CO)C(O)C2O)(c2ccccc2)c2ccccc2)cc1. The zero-order valence-electron chi connectivity index (χ0n) is 27.6. The summed E-state index contributed by atoms with van der Waals surface area (Å²) in [5.41, 5.74) is 3.65. The number of rotatable bonds is 9.